The van der Waals surface area contributed by atoms with Crippen LogP contribution in [0.15, 0.2) is 84.8 Å². The van der Waals surface area contributed by atoms with E-state index in [9.17, 15) is 17.2 Å². The molecule has 212 valence electrons. The van der Waals surface area contributed by atoms with E-state index in [0.29, 0.717) is 40.4 Å². The van der Waals surface area contributed by atoms with Crippen LogP contribution in [-0.4, -0.2) is 16.0 Å². The second-order valence-electron chi connectivity index (χ2n) is 10.4. The van der Waals surface area contributed by atoms with Crippen molar-refractivity contribution in [1.82, 2.24) is 21.0 Å². The summed E-state index contributed by atoms with van der Waals surface area (Å²) in [4.78, 5) is 4.25. The van der Waals surface area contributed by atoms with E-state index in [-0.39, 0.29) is 29.2 Å². The summed E-state index contributed by atoms with van der Waals surface area (Å²) in [5, 5.41) is 37.7. The number of nitriles is 3. The molecule has 6 rings (SSSR count). The number of anilines is 2. The lowest BCUT2D eigenvalue weighted by Crippen LogP contribution is -2.38. The summed E-state index contributed by atoms with van der Waals surface area (Å²) in [5.41, 5.74) is 9.34. The molecule has 0 saturated heterocycles. The zero-order valence-corrected chi connectivity index (χ0v) is 23.1. The summed E-state index contributed by atoms with van der Waals surface area (Å²) < 4.78 is 25.4. The van der Waals surface area contributed by atoms with E-state index in [1.54, 1.807) is 30.3 Å². The van der Waals surface area contributed by atoms with Gasteiger partial charge in [0.1, 0.15) is 11.6 Å². The number of fused-ring (bicyclic) bond motifs is 1. The third-order valence-corrected chi connectivity index (χ3v) is 7.46. The van der Waals surface area contributed by atoms with Crippen molar-refractivity contribution in [3.05, 3.63) is 113 Å². The minimum Gasteiger partial charge on any atom is -0.377 e. The first kappa shape index (κ1) is 26.3. The van der Waals surface area contributed by atoms with Crippen molar-refractivity contribution in [3.63, 3.8) is 0 Å². The van der Waals surface area contributed by atoms with Gasteiger partial charge in [0, 0.05) is 35.9 Å². The maximum atomic E-state index is 15.8. The Kier molecular flexibility index (Phi) is 7.38. The number of hydrogen-bond donors (Lipinski definition) is 4. The first-order valence-corrected chi connectivity index (χ1v) is 14.0. The summed E-state index contributed by atoms with van der Waals surface area (Å²) >= 11 is 0. The van der Waals surface area contributed by atoms with Gasteiger partial charge in [-0.25, -0.2) is 4.39 Å². The molecule has 2 aliphatic rings. The second-order valence-corrected chi connectivity index (χ2v) is 10.4. The van der Waals surface area contributed by atoms with Gasteiger partial charge in [-0.05, 0) is 54.7 Å². The average Bonchev–Trinajstić information content (AvgIpc) is 3.78. The van der Waals surface area contributed by atoms with Gasteiger partial charge in [-0.3, -0.25) is 9.99 Å². The fourth-order valence-electron chi connectivity index (χ4n) is 5.15. The summed E-state index contributed by atoms with van der Waals surface area (Å²) in [5.74, 6) is -0.634. The van der Waals surface area contributed by atoms with Crippen LogP contribution < -0.4 is 21.6 Å². The van der Waals surface area contributed by atoms with E-state index < -0.39 is 11.8 Å². The van der Waals surface area contributed by atoms with Gasteiger partial charge in [-0.15, -0.1) is 5.53 Å². The van der Waals surface area contributed by atoms with Gasteiger partial charge in [0.15, 0.2) is 5.82 Å². The molecular weight excluding hydrogens is 541 g/mol. The molecule has 3 aromatic carbocycles. The van der Waals surface area contributed by atoms with E-state index in [4.69, 9.17) is 0 Å². The molecule has 43 heavy (non-hydrogen) atoms. The SMILES string of the molecule is [2H]C(Nc1cc(F)c2ncc(C#N)c(N[C@H](CCC#N)c3ccccc3)c2c1)(C1=CN(C2CC2)NN1)c1cccc(C#N)c1. The Morgan fingerprint density at radius 3 is 2.58 bits per heavy atom. The van der Waals surface area contributed by atoms with E-state index in [1.807, 2.05) is 41.5 Å². The van der Waals surface area contributed by atoms with Gasteiger partial charge in [0.25, 0.3) is 0 Å². The highest BCUT2D eigenvalue weighted by Crippen LogP contribution is 2.36. The van der Waals surface area contributed by atoms with Crippen molar-refractivity contribution < 1.29 is 5.76 Å². The lowest BCUT2D eigenvalue weighted by Gasteiger charge is -2.24. The fraction of sp³-hybridized carbons (Fsp3) is 0.212. The zero-order valence-electron chi connectivity index (χ0n) is 24.1. The minimum absolute atomic E-state index is 0.0611. The van der Waals surface area contributed by atoms with Crippen molar-refractivity contribution in [2.75, 3.05) is 10.6 Å². The molecule has 1 aliphatic heterocycles. The second kappa shape index (κ2) is 12.1. The molecule has 4 N–H and O–H groups in total. The monoisotopic (exact) mass is 570 g/mol. The number of halogens is 1. The molecule has 1 unspecified atom stereocenters. The van der Waals surface area contributed by atoms with Crippen molar-refractivity contribution in [2.45, 2.75) is 43.8 Å². The van der Waals surface area contributed by atoms with Crippen LogP contribution >= 0.6 is 0 Å². The molecule has 0 radical (unpaired) electrons. The quantitative estimate of drug-likeness (QED) is 0.179. The number of nitrogens with zero attached hydrogens (tertiary/aromatic N) is 5. The van der Waals surface area contributed by atoms with Gasteiger partial charge < -0.3 is 16.1 Å². The predicted molar refractivity (Wildman–Crippen MR) is 161 cm³/mol. The third kappa shape index (κ3) is 5.90. The minimum atomic E-state index is -1.66. The van der Waals surface area contributed by atoms with E-state index in [0.717, 1.165) is 18.4 Å². The molecule has 1 aliphatic carbocycles. The summed E-state index contributed by atoms with van der Waals surface area (Å²) in [6, 6.07) is 24.0. The summed E-state index contributed by atoms with van der Waals surface area (Å²) in [7, 11) is 0. The normalized spacial score (nSPS) is 16.5. The predicted octanol–water partition coefficient (Wildman–Crippen LogP) is 6.06. The molecule has 4 aromatic rings. The van der Waals surface area contributed by atoms with Gasteiger partial charge in [-0.1, -0.05) is 42.5 Å². The number of hydrazine groups is 2. The first-order valence-electron chi connectivity index (χ1n) is 14.5. The standard InChI is InChI=1S/C33H28FN9/c34-28-16-25(39-32(23-9-4-6-21(14-23)17-36)30-20-43(42-41-30)26-11-12-26)15-27-31(24(18-37)19-38-33(27)28)40-29(10-5-13-35)22-7-2-1-3-8-22/h1-4,6-9,14-16,19-20,26,29,32,39,41-42H,5,10-12H2,(H,38,40)/t29-,32?/m1/s1/i32D. The number of hydrogen-bond acceptors (Lipinski definition) is 9. The highest BCUT2D eigenvalue weighted by atomic mass is 19.1. The lowest BCUT2D eigenvalue weighted by molar-refractivity contribution is 0.260. The van der Waals surface area contributed by atoms with Crippen LogP contribution in [0, 0.1) is 39.8 Å². The number of rotatable bonds is 10. The molecule has 0 bridgehead atoms. The highest BCUT2D eigenvalue weighted by molar-refractivity contribution is 5.96. The Balaban J connectivity index is 1.45. The Morgan fingerprint density at radius 2 is 1.84 bits per heavy atom. The summed E-state index contributed by atoms with van der Waals surface area (Å²) in [6.07, 6.45) is 5.94. The number of pyridine rings is 1. The van der Waals surface area contributed by atoms with Crippen LogP contribution in [0.5, 0.6) is 0 Å². The smallest absolute Gasteiger partial charge is 0.151 e. The van der Waals surface area contributed by atoms with E-state index in [2.05, 4.69) is 44.8 Å². The van der Waals surface area contributed by atoms with E-state index in [1.165, 1.54) is 12.3 Å². The largest absolute Gasteiger partial charge is 0.377 e. The summed E-state index contributed by atoms with van der Waals surface area (Å²) in [6.45, 7) is 0. The van der Waals surface area contributed by atoms with Crippen LogP contribution in [0.2, 0.25) is 0 Å². The Bertz CT molecular complexity index is 1870. The van der Waals surface area contributed by atoms with Gasteiger partial charge in [0.2, 0.25) is 0 Å². The Morgan fingerprint density at radius 1 is 1.02 bits per heavy atom. The van der Waals surface area contributed by atoms with Crippen molar-refractivity contribution in [2.24, 2.45) is 0 Å². The molecule has 10 heteroatoms. The molecule has 9 nitrogen and oxygen atoms in total. The van der Waals surface area contributed by atoms with Crippen molar-refractivity contribution in [3.8, 4) is 18.2 Å². The molecule has 1 fully saturated rings. The average molecular weight is 571 g/mol. The topological polar surface area (TPSA) is 136 Å². The number of nitrogens with one attached hydrogen (secondary N) is 4. The lowest BCUT2D eigenvalue weighted by atomic mass is 9.99. The highest BCUT2D eigenvalue weighted by Gasteiger charge is 2.32. The first-order chi connectivity index (χ1) is 21.4. The van der Waals surface area contributed by atoms with Crippen LogP contribution in [-0.2, 0) is 0 Å². The maximum Gasteiger partial charge on any atom is 0.151 e. The molecule has 2 heterocycles. The molecule has 0 spiro atoms. The maximum absolute atomic E-state index is 15.8. The zero-order chi connectivity index (χ0) is 30.7. The molecular formula is C33H28FN9. The fourth-order valence-corrected chi connectivity index (χ4v) is 5.15. The number of aromatic nitrogens is 1. The molecule has 1 aromatic heterocycles. The van der Waals surface area contributed by atoms with Crippen molar-refractivity contribution in [1.29, 1.82) is 15.8 Å². The van der Waals surface area contributed by atoms with Crippen molar-refractivity contribution >= 4 is 22.3 Å². The van der Waals surface area contributed by atoms with Crippen LogP contribution in [0.3, 0.4) is 0 Å². The van der Waals surface area contributed by atoms with Gasteiger partial charge >= 0.3 is 0 Å². The van der Waals surface area contributed by atoms with Crippen LogP contribution in [0.25, 0.3) is 10.9 Å². The number of benzene rings is 3. The van der Waals surface area contributed by atoms with Gasteiger partial charge in [0.05, 0.1) is 48.1 Å². The van der Waals surface area contributed by atoms with Gasteiger partial charge in [-0.2, -0.15) is 15.8 Å². The molecule has 1 saturated carbocycles. The Hall–Kier alpha value is -5.63. The molecule has 0 amide bonds. The van der Waals surface area contributed by atoms with Crippen LogP contribution in [0.1, 0.15) is 61.4 Å². The third-order valence-electron chi connectivity index (χ3n) is 7.46. The molecule has 2 atom stereocenters. The Labute approximate surface area is 250 Å². The van der Waals surface area contributed by atoms with E-state index >= 15 is 4.39 Å². The van der Waals surface area contributed by atoms with Crippen LogP contribution in [0.4, 0.5) is 15.8 Å².